The molecule has 0 amide bonds. The Balaban J connectivity index is 1.14. The Hall–Kier alpha value is -8.52. The number of fused-ring (bicyclic) bond motifs is 9. The SMILES string of the molecule is CC1(c2ccccc2)c2ccccc2-c2cccc(N(c3ccccc3-c3ccc4c(c3)c(-c3ccccc3)c(-c3ccccc3)c3ccccc34)c3cc4ccccc4c4ccccc34)c21. The highest BCUT2D eigenvalue weighted by molar-refractivity contribution is 6.22. The molecule has 12 aromatic carbocycles. The normalized spacial score (nSPS) is 14.1. The maximum atomic E-state index is 2.59. The van der Waals surface area contributed by atoms with Gasteiger partial charge in [-0.1, -0.05) is 231 Å². The Bertz CT molecular complexity index is 3870. The van der Waals surface area contributed by atoms with Gasteiger partial charge in [0.05, 0.1) is 17.1 Å². The lowest BCUT2D eigenvalue weighted by Gasteiger charge is -2.36. The quantitative estimate of drug-likeness (QED) is 0.144. The predicted molar refractivity (Wildman–Crippen MR) is 285 cm³/mol. The van der Waals surface area contributed by atoms with Crippen molar-refractivity contribution in [3.8, 4) is 44.5 Å². The van der Waals surface area contributed by atoms with Crippen LogP contribution in [0.3, 0.4) is 0 Å². The summed E-state index contributed by atoms with van der Waals surface area (Å²) >= 11 is 0. The summed E-state index contributed by atoms with van der Waals surface area (Å²) in [6.07, 6.45) is 0. The molecule has 1 heteroatoms. The summed E-state index contributed by atoms with van der Waals surface area (Å²) in [6.45, 7) is 2.43. The van der Waals surface area contributed by atoms with Crippen LogP contribution >= 0.6 is 0 Å². The highest BCUT2D eigenvalue weighted by Gasteiger charge is 2.44. The fourth-order valence-electron chi connectivity index (χ4n) is 11.5. The molecular formula is C66H45N. The third-order valence-electron chi connectivity index (χ3n) is 14.5. The van der Waals surface area contributed by atoms with E-state index in [9.17, 15) is 0 Å². The van der Waals surface area contributed by atoms with E-state index in [1.807, 2.05) is 0 Å². The number of rotatable bonds is 7. The van der Waals surface area contributed by atoms with Crippen LogP contribution in [-0.4, -0.2) is 0 Å². The summed E-state index contributed by atoms with van der Waals surface area (Å²) in [5, 5.41) is 9.87. The molecule has 13 rings (SSSR count). The highest BCUT2D eigenvalue weighted by atomic mass is 15.2. The van der Waals surface area contributed by atoms with Gasteiger partial charge in [-0.15, -0.1) is 0 Å². The Morgan fingerprint density at radius 3 is 1.54 bits per heavy atom. The first kappa shape index (κ1) is 38.9. The lowest BCUT2D eigenvalue weighted by atomic mass is 9.73. The molecule has 0 bridgehead atoms. The van der Waals surface area contributed by atoms with E-state index < -0.39 is 5.41 Å². The van der Waals surface area contributed by atoms with E-state index in [1.165, 1.54) is 93.2 Å². The second kappa shape index (κ2) is 15.6. The molecule has 0 spiro atoms. The van der Waals surface area contributed by atoms with Gasteiger partial charge in [0.1, 0.15) is 0 Å². The van der Waals surface area contributed by atoms with E-state index in [4.69, 9.17) is 0 Å². The largest absolute Gasteiger partial charge is 0.309 e. The second-order valence-corrected chi connectivity index (χ2v) is 18.0. The van der Waals surface area contributed by atoms with Gasteiger partial charge in [-0.3, -0.25) is 0 Å². The van der Waals surface area contributed by atoms with E-state index in [1.54, 1.807) is 0 Å². The summed E-state index contributed by atoms with van der Waals surface area (Å²) in [5.74, 6) is 0. The van der Waals surface area contributed by atoms with Crippen molar-refractivity contribution < 1.29 is 0 Å². The molecule has 314 valence electrons. The van der Waals surface area contributed by atoms with Crippen LogP contribution in [0.5, 0.6) is 0 Å². The van der Waals surface area contributed by atoms with Crippen molar-refractivity contribution in [1.29, 1.82) is 0 Å². The average molecular weight is 852 g/mol. The van der Waals surface area contributed by atoms with Crippen LogP contribution in [0.25, 0.3) is 87.6 Å². The molecule has 0 aliphatic heterocycles. The third kappa shape index (κ3) is 6.02. The van der Waals surface area contributed by atoms with E-state index in [0.717, 1.165) is 28.2 Å². The van der Waals surface area contributed by atoms with Crippen molar-refractivity contribution >= 4 is 60.2 Å². The van der Waals surface area contributed by atoms with Gasteiger partial charge in [0.25, 0.3) is 0 Å². The third-order valence-corrected chi connectivity index (χ3v) is 14.5. The molecule has 0 saturated heterocycles. The number of nitrogens with zero attached hydrogens (tertiary/aromatic N) is 1. The second-order valence-electron chi connectivity index (χ2n) is 18.0. The summed E-state index contributed by atoms with van der Waals surface area (Å²) in [5.41, 5.74) is 16.7. The van der Waals surface area contributed by atoms with E-state index in [0.29, 0.717) is 0 Å². The van der Waals surface area contributed by atoms with Crippen LogP contribution in [0.2, 0.25) is 0 Å². The van der Waals surface area contributed by atoms with Crippen molar-refractivity contribution in [2.24, 2.45) is 0 Å². The summed E-state index contributed by atoms with van der Waals surface area (Å²) in [6, 6.07) is 94.4. The van der Waals surface area contributed by atoms with Crippen LogP contribution in [0.1, 0.15) is 23.6 Å². The molecule has 1 atom stereocenters. The Kier molecular flexibility index (Phi) is 9.05. The van der Waals surface area contributed by atoms with Gasteiger partial charge < -0.3 is 4.90 Å². The molecule has 67 heavy (non-hydrogen) atoms. The standard InChI is InChI=1S/C66H45N/c1-66(48-27-9-4-10-28-48)59-37-19-17-33-54(59)57-36-21-39-61(65(57)66)67(62-43-46-26-11-12-29-49(46)51-31-13-15-34-55(51)62)60-38-20-18-30-50(60)47-40-41-53-52-32-14-16-35-56(52)63(44-22-5-2-6-23-44)64(58(53)42-47)45-24-7-3-8-25-45/h2-43H,1H3. The van der Waals surface area contributed by atoms with Crippen LogP contribution in [0.4, 0.5) is 17.1 Å². The van der Waals surface area contributed by atoms with Gasteiger partial charge in [0, 0.05) is 16.4 Å². The fraction of sp³-hybridized carbons (Fsp3) is 0.0303. The molecule has 1 aliphatic rings. The number of anilines is 3. The molecule has 1 nitrogen and oxygen atoms in total. The fourth-order valence-corrected chi connectivity index (χ4v) is 11.5. The number of hydrogen-bond donors (Lipinski definition) is 0. The number of para-hydroxylation sites is 1. The molecule has 12 aromatic rings. The van der Waals surface area contributed by atoms with Gasteiger partial charge in [0.15, 0.2) is 0 Å². The maximum absolute atomic E-state index is 2.59. The molecule has 0 heterocycles. The first-order valence-electron chi connectivity index (χ1n) is 23.3. The highest BCUT2D eigenvalue weighted by Crippen LogP contribution is 2.58. The molecule has 1 aliphatic carbocycles. The first-order valence-corrected chi connectivity index (χ1v) is 23.3. The molecular weight excluding hydrogens is 807 g/mol. The topological polar surface area (TPSA) is 3.24 Å². The summed E-state index contributed by atoms with van der Waals surface area (Å²) in [7, 11) is 0. The zero-order valence-electron chi connectivity index (χ0n) is 37.2. The molecule has 0 saturated carbocycles. The van der Waals surface area contributed by atoms with E-state index >= 15 is 0 Å². The average Bonchev–Trinajstić information content (AvgIpc) is 3.68. The minimum atomic E-state index is -0.438. The summed E-state index contributed by atoms with van der Waals surface area (Å²) in [4.78, 5) is 2.59. The Morgan fingerprint density at radius 2 is 0.806 bits per heavy atom. The number of hydrogen-bond acceptors (Lipinski definition) is 1. The van der Waals surface area contributed by atoms with Crippen molar-refractivity contribution in [2.45, 2.75) is 12.3 Å². The van der Waals surface area contributed by atoms with Gasteiger partial charge in [-0.25, -0.2) is 0 Å². The first-order chi connectivity index (χ1) is 33.2. The Labute approximate surface area is 391 Å². The zero-order chi connectivity index (χ0) is 44.5. The van der Waals surface area contributed by atoms with Crippen LogP contribution < -0.4 is 4.90 Å². The van der Waals surface area contributed by atoms with Crippen molar-refractivity contribution in [2.75, 3.05) is 4.90 Å². The molecule has 0 fully saturated rings. The van der Waals surface area contributed by atoms with Crippen LogP contribution in [-0.2, 0) is 5.41 Å². The molecule has 1 unspecified atom stereocenters. The Morgan fingerprint density at radius 1 is 0.299 bits per heavy atom. The summed E-state index contributed by atoms with van der Waals surface area (Å²) < 4.78 is 0. The van der Waals surface area contributed by atoms with Gasteiger partial charge in [0.2, 0.25) is 0 Å². The molecule has 0 aromatic heterocycles. The maximum Gasteiger partial charge on any atom is 0.0546 e. The smallest absolute Gasteiger partial charge is 0.0546 e. The monoisotopic (exact) mass is 851 g/mol. The van der Waals surface area contributed by atoms with Crippen molar-refractivity contribution in [1.82, 2.24) is 0 Å². The van der Waals surface area contributed by atoms with E-state index in [-0.39, 0.29) is 0 Å². The minimum absolute atomic E-state index is 0.438. The van der Waals surface area contributed by atoms with Crippen LogP contribution in [0.15, 0.2) is 255 Å². The minimum Gasteiger partial charge on any atom is -0.309 e. The van der Waals surface area contributed by atoms with Crippen molar-refractivity contribution in [3.63, 3.8) is 0 Å². The zero-order valence-corrected chi connectivity index (χ0v) is 37.2. The van der Waals surface area contributed by atoms with Gasteiger partial charge in [-0.2, -0.15) is 0 Å². The van der Waals surface area contributed by atoms with E-state index in [2.05, 4.69) is 267 Å². The van der Waals surface area contributed by atoms with Gasteiger partial charge >= 0.3 is 0 Å². The van der Waals surface area contributed by atoms with Gasteiger partial charge in [-0.05, 0) is 125 Å². The lowest BCUT2D eigenvalue weighted by Crippen LogP contribution is -2.25. The van der Waals surface area contributed by atoms with Crippen LogP contribution in [0, 0.1) is 0 Å². The predicted octanol–water partition coefficient (Wildman–Crippen LogP) is 18.1. The lowest BCUT2D eigenvalue weighted by molar-refractivity contribution is 0.714. The number of benzene rings is 12. The van der Waals surface area contributed by atoms with Crippen molar-refractivity contribution in [3.05, 3.63) is 271 Å². The molecule has 0 radical (unpaired) electrons. The molecule has 0 N–H and O–H groups in total.